The van der Waals surface area contributed by atoms with Crippen LogP contribution in [0.15, 0.2) is 30.3 Å². The maximum absolute atomic E-state index is 12.8. The van der Waals surface area contributed by atoms with Gasteiger partial charge in [0.15, 0.2) is 0 Å². The van der Waals surface area contributed by atoms with Crippen LogP contribution in [0.25, 0.3) is 6.08 Å². The van der Waals surface area contributed by atoms with Crippen LogP contribution >= 0.6 is 0 Å². The molecule has 0 aliphatic carbocycles. The molecular weight excluding hydrogens is 273 g/mol. The van der Waals surface area contributed by atoms with E-state index in [1.807, 2.05) is 0 Å². The lowest BCUT2D eigenvalue weighted by atomic mass is 9.99. The Kier molecular flexibility index (Phi) is 4.40. The van der Waals surface area contributed by atoms with Gasteiger partial charge in [0.05, 0.1) is 0 Å². The zero-order valence-electron chi connectivity index (χ0n) is 11.9. The highest BCUT2D eigenvalue weighted by Crippen LogP contribution is 2.29. The molecule has 1 saturated heterocycles. The molecule has 1 N–H and O–H groups in total. The summed E-state index contributed by atoms with van der Waals surface area (Å²) >= 11 is 0. The minimum atomic E-state index is -1.10. The minimum Gasteiger partial charge on any atom is -0.480 e. The first-order chi connectivity index (χ1) is 9.93. The lowest BCUT2D eigenvalue weighted by Crippen LogP contribution is -2.50. The third kappa shape index (κ3) is 3.29. The topological polar surface area (TPSA) is 57.6 Å². The predicted octanol–water partition coefficient (Wildman–Crippen LogP) is 2.69. The molecule has 1 aromatic carbocycles. The number of carboxylic acid groups (broad SMARTS) is 1. The quantitative estimate of drug-likeness (QED) is 0.928. The van der Waals surface area contributed by atoms with Gasteiger partial charge >= 0.3 is 5.97 Å². The van der Waals surface area contributed by atoms with Gasteiger partial charge in [-0.2, -0.15) is 0 Å². The SMILES string of the molecule is CC1(C(=O)O)CCCN1C(=O)C/C=C/c1ccc(F)cc1. The van der Waals surface area contributed by atoms with Crippen LogP contribution in [0.1, 0.15) is 31.7 Å². The van der Waals surface area contributed by atoms with Gasteiger partial charge in [-0.3, -0.25) is 4.79 Å². The number of likely N-dealkylation sites (tertiary alicyclic amines) is 1. The number of nitrogens with zero attached hydrogens (tertiary/aromatic N) is 1. The zero-order valence-corrected chi connectivity index (χ0v) is 11.9. The molecule has 1 heterocycles. The van der Waals surface area contributed by atoms with Crippen molar-refractivity contribution in [1.29, 1.82) is 0 Å². The van der Waals surface area contributed by atoms with Crippen molar-refractivity contribution < 1.29 is 19.1 Å². The molecule has 1 atom stereocenters. The summed E-state index contributed by atoms with van der Waals surface area (Å²) < 4.78 is 12.8. The maximum Gasteiger partial charge on any atom is 0.329 e. The Hall–Kier alpha value is -2.17. The smallest absolute Gasteiger partial charge is 0.329 e. The van der Waals surface area contributed by atoms with E-state index in [0.717, 1.165) is 5.56 Å². The van der Waals surface area contributed by atoms with Crippen LogP contribution in [0.4, 0.5) is 4.39 Å². The highest BCUT2D eigenvalue weighted by molar-refractivity contribution is 5.88. The number of hydrogen-bond donors (Lipinski definition) is 1. The van der Waals surface area contributed by atoms with Crippen molar-refractivity contribution in [2.75, 3.05) is 6.54 Å². The largest absolute Gasteiger partial charge is 0.480 e. The van der Waals surface area contributed by atoms with E-state index in [-0.39, 0.29) is 18.1 Å². The number of amides is 1. The molecule has 1 aliphatic rings. The molecular formula is C16H18FNO3. The van der Waals surface area contributed by atoms with Gasteiger partial charge in [0.2, 0.25) is 5.91 Å². The summed E-state index contributed by atoms with van der Waals surface area (Å²) in [5.74, 6) is -1.47. The maximum atomic E-state index is 12.8. The Morgan fingerprint density at radius 1 is 1.38 bits per heavy atom. The Bertz CT molecular complexity index is 567. The van der Waals surface area contributed by atoms with Crippen LogP contribution in [0.5, 0.6) is 0 Å². The second-order valence-corrected chi connectivity index (χ2v) is 5.39. The van der Waals surface area contributed by atoms with Crippen LogP contribution in [-0.2, 0) is 9.59 Å². The number of carboxylic acids is 1. The fraction of sp³-hybridized carbons (Fsp3) is 0.375. The molecule has 0 aromatic heterocycles. The zero-order chi connectivity index (χ0) is 15.5. The number of aliphatic carboxylic acids is 1. The van der Waals surface area contributed by atoms with Crippen LogP contribution in [0.2, 0.25) is 0 Å². The number of halogens is 1. The average Bonchev–Trinajstić information content (AvgIpc) is 2.84. The van der Waals surface area contributed by atoms with Gasteiger partial charge < -0.3 is 10.0 Å². The Balaban J connectivity index is 1.98. The van der Waals surface area contributed by atoms with Crippen molar-refractivity contribution in [2.24, 2.45) is 0 Å². The molecule has 1 amide bonds. The van der Waals surface area contributed by atoms with E-state index >= 15 is 0 Å². The fourth-order valence-corrected chi connectivity index (χ4v) is 2.57. The van der Waals surface area contributed by atoms with Gasteiger partial charge in [-0.25, -0.2) is 9.18 Å². The molecule has 1 unspecified atom stereocenters. The summed E-state index contributed by atoms with van der Waals surface area (Å²) in [7, 11) is 0. The van der Waals surface area contributed by atoms with E-state index in [2.05, 4.69) is 0 Å². The van der Waals surface area contributed by atoms with Gasteiger partial charge in [-0.1, -0.05) is 24.3 Å². The number of rotatable bonds is 4. The highest BCUT2D eigenvalue weighted by atomic mass is 19.1. The predicted molar refractivity (Wildman–Crippen MR) is 77.0 cm³/mol. The minimum absolute atomic E-state index is 0.139. The van der Waals surface area contributed by atoms with E-state index in [4.69, 9.17) is 0 Å². The molecule has 0 radical (unpaired) electrons. The number of carbonyl (C=O) groups is 2. The molecule has 5 heteroatoms. The van der Waals surface area contributed by atoms with E-state index < -0.39 is 11.5 Å². The first-order valence-electron chi connectivity index (χ1n) is 6.89. The molecule has 21 heavy (non-hydrogen) atoms. The van der Waals surface area contributed by atoms with Gasteiger partial charge in [0.1, 0.15) is 11.4 Å². The summed E-state index contributed by atoms with van der Waals surface area (Å²) in [6, 6.07) is 5.94. The molecule has 112 valence electrons. The van der Waals surface area contributed by atoms with E-state index in [1.54, 1.807) is 31.2 Å². The van der Waals surface area contributed by atoms with Crippen LogP contribution in [-0.4, -0.2) is 34.0 Å². The van der Waals surface area contributed by atoms with Crippen molar-refractivity contribution >= 4 is 18.0 Å². The summed E-state index contributed by atoms with van der Waals surface area (Å²) in [5.41, 5.74) is -0.299. The molecule has 0 bridgehead atoms. The Labute approximate surface area is 122 Å². The molecule has 1 aliphatic heterocycles. The van der Waals surface area contributed by atoms with Crippen molar-refractivity contribution in [2.45, 2.75) is 31.7 Å². The van der Waals surface area contributed by atoms with Crippen LogP contribution < -0.4 is 0 Å². The van der Waals surface area contributed by atoms with E-state index in [1.165, 1.54) is 17.0 Å². The van der Waals surface area contributed by atoms with Gasteiger partial charge in [-0.15, -0.1) is 0 Å². The molecule has 1 aromatic rings. The van der Waals surface area contributed by atoms with E-state index in [0.29, 0.717) is 19.4 Å². The molecule has 2 rings (SSSR count). The van der Waals surface area contributed by atoms with Crippen LogP contribution in [0.3, 0.4) is 0 Å². The van der Waals surface area contributed by atoms with Crippen LogP contribution in [0, 0.1) is 5.82 Å². The lowest BCUT2D eigenvalue weighted by molar-refractivity contribution is -0.155. The third-order valence-electron chi connectivity index (χ3n) is 3.88. The van der Waals surface area contributed by atoms with Gasteiger partial charge in [0.25, 0.3) is 0 Å². The monoisotopic (exact) mass is 291 g/mol. The van der Waals surface area contributed by atoms with Crippen molar-refractivity contribution in [3.05, 3.63) is 41.7 Å². The number of benzene rings is 1. The van der Waals surface area contributed by atoms with Gasteiger partial charge in [0, 0.05) is 13.0 Å². The first-order valence-corrected chi connectivity index (χ1v) is 6.89. The summed E-state index contributed by atoms with van der Waals surface area (Å²) in [6.07, 6.45) is 4.73. The molecule has 4 nitrogen and oxygen atoms in total. The van der Waals surface area contributed by atoms with E-state index in [9.17, 15) is 19.1 Å². The first kappa shape index (κ1) is 15.2. The average molecular weight is 291 g/mol. The van der Waals surface area contributed by atoms with Gasteiger partial charge in [-0.05, 0) is 37.5 Å². The fourth-order valence-electron chi connectivity index (χ4n) is 2.57. The second kappa shape index (κ2) is 6.08. The molecule has 0 spiro atoms. The van der Waals surface area contributed by atoms with Crippen molar-refractivity contribution in [3.8, 4) is 0 Å². The molecule has 1 fully saturated rings. The number of carbonyl (C=O) groups excluding carboxylic acids is 1. The molecule has 0 saturated carbocycles. The summed E-state index contributed by atoms with van der Waals surface area (Å²) in [5, 5.41) is 9.27. The normalized spacial score (nSPS) is 21.9. The third-order valence-corrected chi connectivity index (χ3v) is 3.88. The number of hydrogen-bond acceptors (Lipinski definition) is 2. The Morgan fingerprint density at radius 2 is 2.05 bits per heavy atom. The Morgan fingerprint density at radius 3 is 2.67 bits per heavy atom. The van der Waals surface area contributed by atoms with Crippen molar-refractivity contribution in [3.63, 3.8) is 0 Å². The summed E-state index contributed by atoms with van der Waals surface area (Å²) in [6.45, 7) is 2.07. The standard InChI is InChI=1S/C16H18FNO3/c1-16(15(20)21)10-3-11-18(16)14(19)5-2-4-12-6-8-13(17)9-7-12/h2,4,6-9H,3,5,10-11H2,1H3,(H,20,21)/b4-2+. The highest BCUT2D eigenvalue weighted by Gasteiger charge is 2.45. The summed E-state index contributed by atoms with van der Waals surface area (Å²) in [4.78, 5) is 24.9. The lowest BCUT2D eigenvalue weighted by Gasteiger charge is -2.30. The second-order valence-electron chi connectivity index (χ2n) is 5.39. The van der Waals surface area contributed by atoms with Crippen molar-refractivity contribution in [1.82, 2.24) is 4.90 Å².